The van der Waals surface area contributed by atoms with Crippen molar-refractivity contribution in [3.05, 3.63) is 34.7 Å². The van der Waals surface area contributed by atoms with Crippen molar-refractivity contribution in [2.24, 2.45) is 0 Å². The standard InChI is InChI=1S/C21H33N3O2S/c1-5-12-27-13-10-24(9-7-6-8-11-25)16-20(26)23-21-17(2)14-19(22-4)15-18(21)3/h14-15,25H,5-13,16H2,1-3H3,(H,23,26). The number of anilines is 1. The Morgan fingerprint density at radius 3 is 2.48 bits per heavy atom. The molecule has 0 saturated carbocycles. The SMILES string of the molecule is [C-]#[N+]c1cc(C)c(NC(=O)CN(CCCCCO)CCSCCC)c(C)c1. The van der Waals surface area contributed by atoms with E-state index in [0.29, 0.717) is 12.2 Å². The number of benzene rings is 1. The molecule has 27 heavy (non-hydrogen) atoms. The van der Waals surface area contributed by atoms with E-state index in [2.05, 4.69) is 22.0 Å². The minimum absolute atomic E-state index is 0.0144. The lowest BCUT2D eigenvalue weighted by atomic mass is 10.1. The third-order valence-electron chi connectivity index (χ3n) is 4.31. The molecule has 6 heteroatoms. The summed E-state index contributed by atoms with van der Waals surface area (Å²) in [5, 5.41) is 12.0. The molecule has 0 aliphatic heterocycles. The van der Waals surface area contributed by atoms with Crippen LogP contribution in [0, 0.1) is 20.4 Å². The van der Waals surface area contributed by atoms with E-state index in [0.717, 1.165) is 60.7 Å². The summed E-state index contributed by atoms with van der Waals surface area (Å²) in [5.41, 5.74) is 3.25. The summed E-state index contributed by atoms with van der Waals surface area (Å²) < 4.78 is 0. The van der Waals surface area contributed by atoms with Gasteiger partial charge in [-0.05, 0) is 63.0 Å². The fourth-order valence-corrected chi connectivity index (χ4v) is 3.80. The van der Waals surface area contributed by atoms with Crippen LogP contribution in [-0.2, 0) is 4.79 Å². The summed E-state index contributed by atoms with van der Waals surface area (Å²) in [6, 6.07) is 3.62. The van der Waals surface area contributed by atoms with Crippen molar-refractivity contribution < 1.29 is 9.90 Å². The Morgan fingerprint density at radius 1 is 1.19 bits per heavy atom. The molecule has 1 aromatic carbocycles. The van der Waals surface area contributed by atoms with E-state index in [-0.39, 0.29) is 12.5 Å². The first-order valence-corrected chi connectivity index (χ1v) is 10.9. The summed E-state index contributed by atoms with van der Waals surface area (Å²) in [5.74, 6) is 2.16. The zero-order chi connectivity index (χ0) is 20.1. The molecule has 1 amide bonds. The molecular formula is C21H33N3O2S. The van der Waals surface area contributed by atoms with Gasteiger partial charge in [-0.15, -0.1) is 0 Å². The number of aliphatic hydroxyl groups excluding tert-OH is 1. The number of carbonyl (C=O) groups excluding carboxylic acids is 1. The molecule has 1 rings (SSSR count). The van der Waals surface area contributed by atoms with Gasteiger partial charge in [0, 0.05) is 24.6 Å². The highest BCUT2D eigenvalue weighted by atomic mass is 32.2. The van der Waals surface area contributed by atoms with Crippen LogP contribution in [-0.4, -0.2) is 53.7 Å². The Hall–Kier alpha value is -1.55. The zero-order valence-corrected chi connectivity index (χ0v) is 17.7. The van der Waals surface area contributed by atoms with Crippen LogP contribution in [0.1, 0.15) is 43.7 Å². The minimum atomic E-state index is -0.0144. The van der Waals surface area contributed by atoms with Crippen LogP contribution in [0.5, 0.6) is 0 Å². The second-order valence-electron chi connectivity index (χ2n) is 6.79. The van der Waals surface area contributed by atoms with Crippen molar-refractivity contribution >= 4 is 29.0 Å². The fourth-order valence-electron chi connectivity index (χ4n) is 2.92. The third-order valence-corrected chi connectivity index (χ3v) is 5.48. The lowest BCUT2D eigenvalue weighted by Crippen LogP contribution is -2.36. The average molecular weight is 392 g/mol. The first-order valence-electron chi connectivity index (χ1n) is 9.71. The van der Waals surface area contributed by atoms with E-state index < -0.39 is 0 Å². The number of nitrogens with one attached hydrogen (secondary N) is 1. The van der Waals surface area contributed by atoms with Gasteiger partial charge >= 0.3 is 0 Å². The van der Waals surface area contributed by atoms with E-state index >= 15 is 0 Å². The van der Waals surface area contributed by atoms with Crippen LogP contribution in [0.3, 0.4) is 0 Å². The molecule has 0 radical (unpaired) electrons. The maximum atomic E-state index is 12.6. The number of carbonyl (C=O) groups is 1. The monoisotopic (exact) mass is 391 g/mol. The van der Waals surface area contributed by atoms with Gasteiger partial charge in [-0.25, -0.2) is 4.85 Å². The lowest BCUT2D eigenvalue weighted by molar-refractivity contribution is -0.117. The molecule has 0 aromatic heterocycles. The molecule has 0 atom stereocenters. The largest absolute Gasteiger partial charge is 0.396 e. The summed E-state index contributed by atoms with van der Waals surface area (Å²) in [7, 11) is 0. The number of aliphatic hydroxyl groups is 1. The zero-order valence-electron chi connectivity index (χ0n) is 16.9. The van der Waals surface area contributed by atoms with Gasteiger partial charge in [-0.2, -0.15) is 11.8 Å². The molecule has 2 N–H and O–H groups in total. The Morgan fingerprint density at radius 2 is 1.89 bits per heavy atom. The number of rotatable bonds is 13. The number of aryl methyl sites for hydroxylation is 2. The highest BCUT2D eigenvalue weighted by Crippen LogP contribution is 2.26. The average Bonchev–Trinajstić information content (AvgIpc) is 2.64. The molecule has 5 nitrogen and oxygen atoms in total. The number of hydrogen-bond donors (Lipinski definition) is 2. The van der Waals surface area contributed by atoms with Crippen LogP contribution < -0.4 is 5.32 Å². The van der Waals surface area contributed by atoms with Gasteiger partial charge in [0.1, 0.15) is 0 Å². The second-order valence-corrected chi connectivity index (χ2v) is 8.01. The molecule has 0 saturated heterocycles. The first-order chi connectivity index (χ1) is 13.0. The molecule has 0 aliphatic rings. The Kier molecular flexibility index (Phi) is 11.8. The maximum absolute atomic E-state index is 12.6. The van der Waals surface area contributed by atoms with E-state index in [1.165, 1.54) is 6.42 Å². The van der Waals surface area contributed by atoms with Crippen molar-refractivity contribution in [2.75, 3.05) is 43.1 Å². The molecule has 0 spiro atoms. The highest BCUT2D eigenvalue weighted by molar-refractivity contribution is 7.99. The maximum Gasteiger partial charge on any atom is 0.238 e. The molecule has 0 bridgehead atoms. The van der Waals surface area contributed by atoms with Crippen molar-refractivity contribution in [3.63, 3.8) is 0 Å². The van der Waals surface area contributed by atoms with E-state index in [4.69, 9.17) is 11.7 Å². The van der Waals surface area contributed by atoms with Gasteiger partial charge in [0.05, 0.1) is 13.1 Å². The number of thioether (sulfide) groups is 1. The molecule has 0 unspecified atom stereocenters. The predicted molar refractivity (Wildman–Crippen MR) is 116 cm³/mol. The number of amides is 1. The second kappa shape index (κ2) is 13.6. The van der Waals surface area contributed by atoms with Crippen molar-refractivity contribution in [1.29, 1.82) is 0 Å². The fraction of sp³-hybridized carbons (Fsp3) is 0.619. The van der Waals surface area contributed by atoms with Crippen molar-refractivity contribution in [2.45, 2.75) is 46.5 Å². The summed E-state index contributed by atoms with van der Waals surface area (Å²) >= 11 is 1.92. The van der Waals surface area contributed by atoms with Crippen molar-refractivity contribution in [3.8, 4) is 0 Å². The van der Waals surface area contributed by atoms with E-state index in [1.54, 1.807) is 0 Å². The van der Waals surface area contributed by atoms with Crippen molar-refractivity contribution in [1.82, 2.24) is 4.90 Å². The van der Waals surface area contributed by atoms with E-state index in [9.17, 15) is 4.79 Å². The summed E-state index contributed by atoms with van der Waals surface area (Å²) in [6.45, 7) is 15.5. The quantitative estimate of drug-likeness (QED) is 0.386. The van der Waals surface area contributed by atoms with Gasteiger partial charge in [-0.1, -0.05) is 19.1 Å². The first kappa shape index (κ1) is 23.5. The van der Waals surface area contributed by atoms with E-state index in [1.807, 2.05) is 37.7 Å². The van der Waals surface area contributed by atoms with Gasteiger partial charge in [0.2, 0.25) is 5.91 Å². The summed E-state index contributed by atoms with van der Waals surface area (Å²) in [6.07, 6.45) is 3.95. The predicted octanol–water partition coefficient (Wildman–Crippen LogP) is 4.40. The van der Waals surface area contributed by atoms with Gasteiger partial charge in [-0.3, -0.25) is 9.69 Å². The summed E-state index contributed by atoms with van der Waals surface area (Å²) in [4.78, 5) is 18.3. The van der Waals surface area contributed by atoms with Crippen LogP contribution in [0.15, 0.2) is 12.1 Å². The molecule has 150 valence electrons. The van der Waals surface area contributed by atoms with Crippen LogP contribution >= 0.6 is 11.8 Å². The number of nitrogens with zero attached hydrogens (tertiary/aromatic N) is 2. The van der Waals surface area contributed by atoms with Gasteiger partial charge in [0.25, 0.3) is 0 Å². The molecule has 0 fully saturated rings. The van der Waals surface area contributed by atoms with Crippen LogP contribution in [0.4, 0.5) is 11.4 Å². The Bertz CT molecular complexity index is 593. The third kappa shape index (κ3) is 9.28. The molecule has 0 aliphatic carbocycles. The topological polar surface area (TPSA) is 56.9 Å². The molecular weight excluding hydrogens is 358 g/mol. The van der Waals surface area contributed by atoms with Gasteiger partial charge in [0.15, 0.2) is 5.69 Å². The highest BCUT2D eigenvalue weighted by Gasteiger charge is 2.13. The minimum Gasteiger partial charge on any atom is -0.396 e. The smallest absolute Gasteiger partial charge is 0.238 e. The normalized spacial score (nSPS) is 10.8. The van der Waals surface area contributed by atoms with Crippen LogP contribution in [0.25, 0.3) is 4.85 Å². The molecule has 0 heterocycles. The van der Waals surface area contributed by atoms with Gasteiger partial charge < -0.3 is 10.4 Å². The Balaban J connectivity index is 2.64. The number of hydrogen-bond acceptors (Lipinski definition) is 4. The number of unbranched alkanes of at least 4 members (excludes halogenated alkanes) is 2. The van der Waals surface area contributed by atoms with Crippen LogP contribution in [0.2, 0.25) is 0 Å². The lowest BCUT2D eigenvalue weighted by Gasteiger charge is -2.22. The Labute approximate surface area is 168 Å². The molecule has 1 aromatic rings.